The molecule has 5 nitrogen and oxygen atoms in total. The quantitative estimate of drug-likeness (QED) is 0.885. The number of alkyl halides is 2. The summed E-state index contributed by atoms with van der Waals surface area (Å²) in [5.41, 5.74) is 1.40. The SMILES string of the molecule is COc1ccc(NCc2csnn2)cc1OC(F)F. The summed E-state index contributed by atoms with van der Waals surface area (Å²) in [7, 11) is 1.39. The van der Waals surface area contributed by atoms with Gasteiger partial charge in [-0.25, -0.2) is 0 Å². The number of aromatic nitrogens is 2. The molecular formula is C11H11F2N3O2S. The number of benzene rings is 1. The summed E-state index contributed by atoms with van der Waals surface area (Å²) in [5.74, 6) is 0.236. The molecule has 2 aromatic rings. The molecule has 0 radical (unpaired) electrons. The number of ether oxygens (including phenoxy) is 2. The molecule has 0 saturated carbocycles. The van der Waals surface area contributed by atoms with Crippen LogP contribution in [0.1, 0.15) is 5.69 Å². The molecule has 0 spiro atoms. The van der Waals surface area contributed by atoms with Crippen molar-refractivity contribution < 1.29 is 18.3 Å². The van der Waals surface area contributed by atoms with Crippen LogP contribution in [-0.2, 0) is 6.54 Å². The largest absolute Gasteiger partial charge is 0.493 e. The lowest BCUT2D eigenvalue weighted by molar-refractivity contribution is -0.0511. The lowest BCUT2D eigenvalue weighted by Crippen LogP contribution is -2.05. The van der Waals surface area contributed by atoms with Gasteiger partial charge in [0.25, 0.3) is 0 Å². The Morgan fingerprint density at radius 3 is 2.84 bits per heavy atom. The van der Waals surface area contributed by atoms with Crippen LogP contribution >= 0.6 is 11.5 Å². The number of halogens is 2. The third-order valence-electron chi connectivity index (χ3n) is 2.26. The minimum atomic E-state index is -2.90. The highest BCUT2D eigenvalue weighted by atomic mass is 32.1. The number of hydrogen-bond acceptors (Lipinski definition) is 6. The standard InChI is InChI=1S/C11H11F2N3O2S/c1-17-9-3-2-7(4-10(9)18-11(12)13)14-5-8-6-19-16-15-8/h2-4,6,11,14H,5H2,1H3. The van der Waals surface area contributed by atoms with Crippen LogP contribution in [0.25, 0.3) is 0 Å². The maximum Gasteiger partial charge on any atom is 0.387 e. The van der Waals surface area contributed by atoms with Crippen molar-refractivity contribution in [1.82, 2.24) is 9.59 Å². The summed E-state index contributed by atoms with van der Waals surface area (Å²) in [4.78, 5) is 0. The summed E-state index contributed by atoms with van der Waals surface area (Å²) in [6.07, 6.45) is 0. The maximum atomic E-state index is 12.3. The van der Waals surface area contributed by atoms with Crippen LogP contribution in [0.2, 0.25) is 0 Å². The second kappa shape index (κ2) is 6.28. The molecule has 1 N–H and O–H groups in total. The molecule has 0 aliphatic rings. The molecule has 2 rings (SSSR count). The van der Waals surface area contributed by atoms with Gasteiger partial charge in [-0.3, -0.25) is 0 Å². The second-order valence-electron chi connectivity index (χ2n) is 3.49. The van der Waals surface area contributed by atoms with E-state index in [-0.39, 0.29) is 11.5 Å². The number of rotatable bonds is 6. The van der Waals surface area contributed by atoms with Gasteiger partial charge in [0.2, 0.25) is 0 Å². The molecule has 1 aromatic heterocycles. The molecule has 102 valence electrons. The van der Waals surface area contributed by atoms with Gasteiger partial charge < -0.3 is 14.8 Å². The topological polar surface area (TPSA) is 56.3 Å². The van der Waals surface area contributed by atoms with E-state index in [1.54, 1.807) is 17.5 Å². The van der Waals surface area contributed by atoms with Gasteiger partial charge in [0.05, 0.1) is 19.3 Å². The van der Waals surface area contributed by atoms with Gasteiger partial charge in [-0.1, -0.05) is 4.49 Å². The number of anilines is 1. The van der Waals surface area contributed by atoms with Crippen molar-refractivity contribution in [3.63, 3.8) is 0 Å². The van der Waals surface area contributed by atoms with Gasteiger partial charge in [0.1, 0.15) is 0 Å². The molecule has 0 saturated heterocycles. The smallest absolute Gasteiger partial charge is 0.387 e. The number of methoxy groups -OCH3 is 1. The van der Waals surface area contributed by atoms with Gasteiger partial charge in [0, 0.05) is 17.1 Å². The van der Waals surface area contributed by atoms with E-state index < -0.39 is 6.61 Å². The van der Waals surface area contributed by atoms with Crippen molar-refractivity contribution >= 4 is 17.2 Å². The van der Waals surface area contributed by atoms with E-state index in [1.807, 2.05) is 0 Å². The van der Waals surface area contributed by atoms with Crippen LogP contribution < -0.4 is 14.8 Å². The summed E-state index contributed by atoms with van der Waals surface area (Å²) in [6, 6.07) is 4.71. The highest BCUT2D eigenvalue weighted by molar-refractivity contribution is 7.03. The Bertz CT molecular complexity index is 523. The third-order valence-corrected chi connectivity index (χ3v) is 2.81. The Labute approximate surface area is 112 Å². The minimum Gasteiger partial charge on any atom is -0.493 e. The van der Waals surface area contributed by atoms with Crippen LogP contribution in [0.3, 0.4) is 0 Å². The normalized spacial score (nSPS) is 10.5. The zero-order valence-electron chi connectivity index (χ0n) is 9.97. The minimum absolute atomic E-state index is 0.0149. The molecule has 8 heteroatoms. The lowest BCUT2D eigenvalue weighted by atomic mass is 10.2. The Morgan fingerprint density at radius 2 is 2.21 bits per heavy atom. The number of hydrogen-bond donors (Lipinski definition) is 1. The van der Waals surface area contributed by atoms with E-state index in [0.29, 0.717) is 12.2 Å². The lowest BCUT2D eigenvalue weighted by Gasteiger charge is -2.12. The van der Waals surface area contributed by atoms with Crippen LogP contribution in [-0.4, -0.2) is 23.3 Å². The Morgan fingerprint density at radius 1 is 1.37 bits per heavy atom. The molecule has 0 aliphatic heterocycles. The van der Waals surface area contributed by atoms with Gasteiger partial charge in [-0.05, 0) is 23.7 Å². The average molecular weight is 287 g/mol. The second-order valence-corrected chi connectivity index (χ2v) is 4.10. The summed E-state index contributed by atoms with van der Waals surface area (Å²) < 4.78 is 37.6. The van der Waals surface area contributed by atoms with Crippen LogP contribution in [0.4, 0.5) is 14.5 Å². The zero-order valence-corrected chi connectivity index (χ0v) is 10.8. The van der Waals surface area contributed by atoms with E-state index in [0.717, 1.165) is 5.69 Å². The van der Waals surface area contributed by atoms with Crippen molar-refractivity contribution in [2.24, 2.45) is 0 Å². The highest BCUT2D eigenvalue weighted by Crippen LogP contribution is 2.31. The van der Waals surface area contributed by atoms with Gasteiger partial charge in [0.15, 0.2) is 11.5 Å². The van der Waals surface area contributed by atoms with Crippen LogP contribution in [0.5, 0.6) is 11.5 Å². The fourth-order valence-corrected chi connectivity index (χ4v) is 1.88. The number of nitrogens with zero attached hydrogens (tertiary/aromatic N) is 2. The van der Waals surface area contributed by atoms with Crippen molar-refractivity contribution in [3.05, 3.63) is 29.3 Å². The van der Waals surface area contributed by atoms with E-state index in [1.165, 1.54) is 24.7 Å². The first-order valence-electron chi connectivity index (χ1n) is 5.31. The monoisotopic (exact) mass is 287 g/mol. The van der Waals surface area contributed by atoms with Gasteiger partial charge >= 0.3 is 6.61 Å². The average Bonchev–Trinajstić information content (AvgIpc) is 2.89. The molecule has 19 heavy (non-hydrogen) atoms. The Hall–Kier alpha value is -1.96. The summed E-state index contributed by atoms with van der Waals surface area (Å²) in [5, 5.41) is 8.70. The van der Waals surface area contributed by atoms with Crippen LogP contribution in [0.15, 0.2) is 23.6 Å². The Kier molecular flexibility index (Phi) is 4.45. The zero-order chi connectivity index (χ0) is 13.7. The summed E-state index contributed by atoms with van der Waals surface area (Å²) >= 11 is 1.25. The maximum absolute atomic E-state index is 12.3. The number of nitrogens with one attached hydrogen (secondary N) is 1. The molecule has 0 unspecified atom stereocenters. The molecule has 0 fully saturated rings. The molecule has 0 atom stereocenters. The summed E-state index contributed by atoms with van der Waals surface area (Å²) in [6.45, 7) is -2.44. The molecule has 0 aliphatic carbocycles. The molecule has 0 amide bonds. The predicted octanol–water partition coefficient (Wildman–Crippen LogP) is 2.76. The van der Waals surface area contributed by atoms with E-state index in [2.05, 4.69) is 19.6 Å². The van der Waals surface area contributed by atoms with Crippen molar-refractivity contribution in [3.8, 4) is 11.5 Å². The molecule has 1 heterocycles. The van der Waals surface area contributed by atoms with E-state index >= 15 is 0 Å². The molecule has 1 aromatic carbocycles. The Balaban J connectivity index is 2.08. The predicted molar refractivity (Wildman–Crippen MR) is 66.9 cm³/mol. The van der Waals surface area contributed by atoms with Gasteiger partial charge in [-0.15, -0.1) is 5.10 Å². The third kappa shape index (κ3) is 3.75. The fourth-order valence-electron chi connectivity index (χ4n) is 1.43. The highest BCUT2D eigenvalue weighted by Gasteiger charge is 2.11. The molecule has 0 bridgehead atoms. The van der Waals surface area contributed by atoms with Crippen molar-refractivity contribution in [2.45, 2.75) is 13.2 Å². The van der Waals surface area contributed by atoms with E-state index in [9.17, 15) is 8.78 Å². The van der Waals surface area contributed by atoms with Gasteiger partial charge in [-0.2, -0.15) is 8.78 Å². The molecular weight excluding hydrogens is 276 g/mol. The van der Waals surface area contributed by atoms with E-state index in [4.69, 9.17) is 4.74 Å². The van der Waals surface area contributed by atoms with Crippen LogP contribution in [0, 0.1) is 0 Å². The first-order chi connectivity index (χ1) is 9.19. The van der Waals surface area contributed by atoms with Crippen molar-refractivity contribution in [1.29, 1.82) is 0 Å². The first kappa shape index (κ1) is 13.5. The first-order valence-corrected chi connectivity index (χ1v) is 6.15. The fraction of sp³-hybridized carbons (Fsp3) is 0.273. The van der Waals surface area contributed by atoms with Crippen molar-refractivity contribution in [2.75, 3.05) is 12.4 Å².